The average Bonchev–Trinajstić information content (AvgIpc) is 2.96. The molecule has 2 unspecified atom stereocenters. The van der Waals surface area contributed by atoms with E-state index in [1.807, 2.05) is 4.90 Å². The van der Waals surface area contributed by atoms with Gasteiger partial charge in [0.2, 0.25) is 12.3 Å². The number of anilines is 1. The first-order chi connectivity index (χ1) is 12.7. The molecule has 2 N–H and O–H groups in total. The third-order valence-electron chi connectivity index (χ3n) is 3.93. The van der Waals surface area contributed by atoms with Crippen molar-refractivity contribution in [2.24, 2.45) is 11.8 Å². The Kier molecular flexibility index (Phi) is 6.65. The molecule has 2 heterocycles. The summed E-state index contributed by atoms with van der Waals surface area (Å²) >= 11 is 0. The Labute approximate surface area is 152 Å². The van der Waals surface area contributed by atoms with Crippen LogP contribution in [-0.4, -0.2) is 35.9 Å². The molecule has 0 spiro atoms. The number of nitrogens with zero attached hydrogens (tertiary/aromatic N) is 2. The van der Waals surface area contributed by atoms with Crippen molar-refractivity contribution in [2.75, 3.05) is 18.8 Å². The van der Waals surface area contributed by atoms with Crippen molar-refractivity contribution in [3.8, 4) is 5.75 Å². The molecule has 2 aromatic rings. The predicted octanol–water partition coefficient (Wildman–Crippen LogP) is 3.38. The van der Waals surface area contributed by atoms with Crippen LogP contribution in [0, 0.1) is 24.6 Å². The minimum atomic E-state index is -4.85. The van der Waals surface area contributed by atoms with Gasteiger partial charge in [-0.3, -0.25) is 4.79 Å². The number of benzene rings is 1. The Morgan fingerprint density at radius 3 is 2.33 bits per heavy atom. The molecule has 2 aliphatic rings. The quantitative estimate of drug-likeness (QED) is 0.629. The minimum Gasteiger partial charge on any atom is -0.403 e. The number of rotatable bonds is 2. The first-order valence-electron chi connectivity index (χ1n) is 8.05. The Balaban J connectivity index is 0.000000158. The Bertz CT molecular complexity index is 728. The molecule has 6 nitrogen and oxygen atoms in total. The van der Waals surface area contributed by atoms with Crippen molar-refractivity contribution < 1.29 is 31.6 Å². The number of carbonyl (C=O) groups excluding carboxylic acids is 1. The maximum atomic E-state index is 12.8. The smallest absolute Gasteiger partial charge is 0.403 e. The van der Waals surface area contributed by atoms with E-state index in [1.165, 1.54) is 18.7 Å². The maximum absolute atomic E-state index is 12.8. The normalized spacial score (nSPS) is 19.8. The molecule has 2 fully saturated rings. The molecular weight excluding hydrogens is 370 g/mol. The lowest BCUT2D eigenvalue weighted by Gasteiger charge is -2.09. The van der Waals surface area contributed by atoms with Crippen LogP contribution in [-0.2, 0) is 4.79 Å². The molecular formula is C17H19F4N3O3. The van der Waals surface area contributed by atoms with Gasteiger partial charge in [0, 0.05) is 19.2 Å². The second-order valence-electron chi connectivity index (χ2n) is 6.21. The van der Waals surface area contributed by atoms with Crippen molar-refractivity contribution in [2.45, 2.75) is 19.7 Å². The highest BCUT2D eigenvalue weighted by Gasteiger charge is 2.44. The van der Waals surface area contributed by atoms with Gasteiger partial charge in [-0.25, -0.2) is 4.39 Å². The summed E-state index contributed by atoms with van der Waals surface area (Å²) in [5, 5.41) is 3.32. The van der Waals surface area contributed by atoms with Gasteiger partial charge < -0.3 is 19.9 Å². The summed E-state index contributed by atoms with van der Waals surface area (Å²) in [7, 11) is 0. The van der Waals surface area contributed by atoms with Crippen molar-refractivity contribution in [3.05, 3.63) is 41.8 Å². The van der Waals surface area contributed by atoms with Crippen molar-refractivity contribution >= 4 is 12.3 Å². The number of hydrogen-bond donors (Lipinski definition) is 1. The molecule has 4 rings (SSSR count). The summed E-state index contributed by atoms with van der Waals surface area (Å²) in [6.07, 6.45) is -1.01. The van der Waals surface area contributed by atoms with E-state index >= 15 is 0 Å². The predicted molar refractivity (Wildman–Crippen MR) is 88.0 cm³/mol. The zero-order chi connectivity index (χ0) is 20.0. The summed E-state index contributed by atoms with van der Waals surface area (Å²) in [6, 6.07) is 4.84. The summed E-state index contributed by atoms with van der Waals surface area (Å²) in [6.45, 7) is 3.64. The largest absolute Gasteiger partial charge is 0.573 e. The molecule has 1 aromatic carbocycles. The van der Waals surface area contributed by atoms with Gasteiger partial charge in [0.15, 0.2) is 11.6 Å². The lowest BCUT2D eigenvalue weighted by Crippen LogP contribution is -2.19. The number of carbonyl (C=O) groups is 1. The third kappa shape index (κ3) is 7.16. The topological polar surface area (TPSA) is 81.6 Å². The first kappa shape index (κ1) is 20.5. The van der Waals surface area contributed by atoms with Gasteiger partial charge >= 0.3 is 6.36 Å². The molecule has 10 heteroatoms. The zero-order valence-electron chi connectivity index (χ0n) is 14.4. The number of likely N-dealkylation sites (tertiary alicyclic amines) is 1. The van der Waals surface area contributed by atoms with Crippen LogP contribution in [0.2, 0.25) is 0 Å². The fraction of sp³-hybridized carbons (Fsp3) is 0.412. The van der Waals surface area contributed by atoms with Crippen molar-refractivity contribution in [1.29, 1.82) is 0 Å². The third-order valence-corrected chi connectivity index (χ3v) is 3.93. The van der Waals surface area contributed by atoms with E-state index in [2.05, 4.69) is 14.4 Å². The van der Waals surface area contributed by atoms with Gasteiger partial charge in [-0.05, 0) is 42.9 Å². The molecule has 27 heavy (non-hydrogen) atoms. The van der Waals surface area contributed by atoms with Gasteiger partial charge in [0.1, 0.15) is 0 Å². The van der Waals surface area contributed by atoms with E-state index in [4.69, 9.17) is 5.73 Å². The van der Waals surface area contributed by atoms with E-state index < -0.39 is 17.9 Å². The molecule has 1 saturated carbocycles. The van der Waals surface area contributed by atoms with Gasteiger partial charge in [0.25, 0.3) is 0 Å². The Morgan fingerprint density at radius 2 is 1.96 bits per heavy atom. The number of hydrogen-bond acceptors (Lipinski definition) is 5. The Morgan fingerprint density at radius 1 is 1.30 bits per heavy atom. The lowest BCUT2D eigenvalue weighted by molar-refractivity contribution is -0.275. The maximum Gasteiger partial charge on any atom is 0.573 e. The van der Waals surface area contributed by atoms with Crippen LogP contribution in [0.1, 0.15) is 12.0 Å². The second-order valence-corrected chi connectivity index (χ2v) is 6.21. The first-order valence-corrected chi connectivity index (χ1v) is 8.05. The molecule has 1 saturated heterocycles. The molecule has 1 aliphatic carbocycles. The van der Waals surface area contributed by atoms with E-state index in [0.717, 1.165) is 43.5 Å². The van der Waals surface area contributed by atoms with E-state index in [-0.39, 0.29) is 0 Å². The van der Waals surface area contributed by atoms with Gasteiger partial charge in [-0.15, -0.1) is 13.2 Å². The number of nitrogens with two attached hydrogens (primary N) is 1. The van der Waals surface area contributed by atoms with Crippen LogP contribution in [0.5, 0.6) is 5.75 Å². The second kappa shape index (κ2) is 8.74. The number of aryl methyl sites for hydroxylation is 1. The number of halogens is 4. The molecule has 1 amide bonds. The molecule has 0 radical (unpaired) electrons. The average molecular weight is 389 g/mol. The number of nitrogen functional groups attached to an aromatic ring is 1. The van der Waals surface area contributed by atoms with E-state index in [0.29, 0.717) is 11.4 Å². The minimum absolute atomic E-state index is 0.356. The number of alkyl halides is 3. The lowest BCUT2D eigenvalue weighted by atomic mass is 10.2. The summed E-state index contributed by atoms with van der Waals surface area (Å²) < 4.78 is 55.4. The van der Waals surface area contributed by atoms with Crippen LogP contribution >= 0.6 is 0 Å². The van der Waals surface area contributed by atoms with Crippen molar-refractivity contribution in [3.63, 3.8) is 0 Å². The molecule has 148 valence electrons. The van der Waals surface area contributed by atoms with Crippen LogP contribution < -0.4 is 10.5 Å². The molecule has 1 aromatic heterocycles. The molecule has 1 aliphatic heterocycles. The van der Waals surface area contributed by atoms with E-state index in [9.17, 15) is 22.4 Å². The van der Waals surface area contributed by atoms with Crippen LogP contribution in [0.25, 0.3) is 0 Å². The summed E-state index contributed by atoms with van der Waals surface area (Å²) in [5.41, 5.74) is 5.58. The Hall–Kier alpha value is -2.78. The van der Waals surface area contributed by atoms with E-state index in [1.54, 1.807) is 13.0 Å². The number of amides is 1. The zero-order valence-corrected chi connectivity index (χ0v) is 14.4. The number of piperidine rings is 1. The van der Waals surface area contributed by atoms with Crippen LogP contribution in [0.15, 0.2) is 35.0 Å². The fourth-order valence-electron chi connectivity index (χ4n) is 2.56. The monoisotopic (exact) mass is 389 g/mol. The van der Waals surface area contributed by atoms with Crippen molar-refractivity contribution in [1.82, 2.24) is 10.1 Å². The van der Waals surface area contributed by atoms with Crippen LogP contribution in [0.4, 0.5) is 23.4 Å². The molecule has 0 bridgehead atoms. The SMILES string of the molecule is Cc1ccc(OC(F)(F)F)c(F)c1.Nc1ccno1.O=CN1CC2CC2C1. The highest BCUT2D eigenvalue weighted by molar-refractivity contribution is 5.48. The number of fused-ring (bicyclic) bond motifs is 1. The number of aromatic nitrogens is 1. The highest BCUT2D eigenvalue weighted by Crippen LogP contribution is 2.44. The summed E-state index contributed by atoms with van der Waals surface area (Å²) in [4.78, 5) is 12.0. The van der Waals surface area contributed by atoms with Gasteiger partial charge in [-0.2, -0.15) is 0 Å². The van der Waals surface area contributed by atoms with Crippen LogP contribution in [0.3, 0.4) is 0 Å². The highest BCUT2D eigenvalue weighted by atomic mass is 19.4. The van der Waals surface area contributed by atoms with Gasteiger partial charge in [-0.1, -0.05) is 11.2 Å². The standard InChI is InChI=1S/C8H6F4O.C6H9NO.C3H4N2O/c1-5-2-3-7(6(9)4-5)13-8(10,11)12;8-4-7-2-5-1-6(5)3-7;4-3-1-2-5-6-3/h2-4H,1H3;4-6H,1-3H2;1-2H,4H2. The van der Waals surface area contributed by atoms with Gasteiger partial charge in [0.05, 0.1) is 6.20 Å². The molecule has 2 atom stereocenters. The summed E-state index contributed by atoms with van der Waals surface area (Å²) in [5.74, 6) is 0.311. The number of ether oxygens (including phenoxy) is 1. The fourth-order valence-corrected chi connectivity index (χ4v) is 2.56.